The van der Waals surface area contributed by atoms with Crippen LogP contribution in [0.5, 0.6) is 11.5 Å². The summed E-state index contributed by atoms with van der Waals surface area (Å²) in [5.41, 5.74) is 2.28. The van der Waals surface area contributed by atoms with Crippen LogP contribution in [0.1, 0.15) is 18.4 Å². The number of anilines is 1. The van der Waals surface area contributed by atoms with E-state index in [2.05, 4.69) is 15.6 Å². The van der Waals surface area contributed by atoms with Crippen LogP contribution in [-0.4, -0.2) is 70.1 Å². The van der Waals surface area contributed by atoms with Crippen LogP contribution in [0.3, 0.4) is 0 Å². The van der Waals surface area contributed by atoms with Gasteiger partial charge in [-0.15, -0.1) is 0 Å². The lowest BCUT2D eigenvalue weighted by atomic mass is 9.62. The summed E-state index contributed by atoms with van der Waals surface area (Å²) in [7, 11) is 3.03. The van der Waals surface area contributed by atoms with E-state index >= 15 is 0 Å². The smallest absolute Gasteiger partial charge is 0.490 e. The number of nitro benzene ring substituents is 1. The molecule has 3 N–H and O–H groups in total. The van der Waals surface area contributed by atoms with Crippen molar-refractivity contribution in [2.24, 2.45) is 5.41 Å². The zero-order valence-electron chi connectivity index (χ0n) is 25.6. The highest BCUT2D eigenvalue weighted by molar-refractivity contribution is 6.35. The molecule has 0 amide bonds. The zero-order chi connectivity index (χ0) is 34.8. The number of ether oxygens (including phenoxy) is 2. The Morgan fingerprint density at radius 2 is 1.83 bits per heavy atom. The van der Waals surface area contributed by atoms with E-state index in [1.54, 1.807) is 41.1 Å². The summed E-state index contributed by atoms with van der Waals surface area (Å²) >= 11 is 6.68. The first-order valence-electron chi connectivity index (χ1n) is 14.6. The Morgan fingerprint density at radius 3 is 2.38 bits per heavy atom. The summed E-state index contributed by atoms with van der Waals surface area (Å²) in [6.07, 6.45) is -0.802. The number of methoxy groups -OCH3 is 2. The number of pyridine rings is 1. The minimum Gasteiger partial charge on any atom is -0.497 e. The first kappa shape index (κ1) is 34.4. The lowest BCUT2D eigenvalue weighted by molar-refractivity contribution is -0.384. The van der Waals surface area contributed by atoms with Crippen molar-refractivity contribution in [2.75, 3.05) is 32.6 Å². The number of aliphatic carboxylic acids is 1. The molecule has 1 aliphatic carbocycles. The van der Waals surface area contributed by atoms with Crippen LogP contribution >= 0.6 is 11.6 Å². The molecule has 17 heteroatoms. The average Bonchev–Trinajstić information content (AvgIpc) is 3.01. The number of rotatable bonds is 9. The fourth-order valence-electron chi connectivity index (χ4n) is 5.73. The number of fused-ring (bicyclic) bond motifs is 1. The van der Waals surface area contributed by atoms with Crippen LogP contribution in [0.25, 0.3) is 22.2 Å². The van der Waals surface area contributed by atoms with Crippen molar-refractivity contribution in [2.45, 2.75) is 38.0 Å². The lowest BCUT2D eigenvalue weighted by Gasteiger charge is -2.54. The van der Waals surface area contributed by atoms with E-state index in [0.29, 0.717) is 51.4 Å². The summed E-state index contributed by atoms with van der Waals surface area (Å²) in [5, 5.41) is 25.9. The molecule has 2 aliphatic rings. The van der Waals surface area contributed by atoms with Gasteiger partial charge in [0.05, 0.1) is 24.2 Å². The lowest BCUT2D eigenvalue weighted by Crippen LogP contribution is -2.63. The number of aromatic nitrogens is 3. The van der Waals surface area contributed by atoms with Crippen molar-refractivity contribution in [1.82, 2.24) is 19.9 Å². The number of non-ortho nitro benzene ring substituents is 1. The third-order valence-electron chi connectivity index (χ3n) is 8.29. The van der Waals surface area contributed by atoms with E-state index in [1.165, 1.54) is 26.4 Å². The first-order chi connectivity index (χ1) is 22.7. The van der Waals surface area contributed by atoms with E-state index in [-0.39, 0.29) is 28.9 Å². The van der Waals surface area contributed by atoms with Gasteiger partial charge in [-0.05, 0) is 42.4 Å². The van der Waals surface area contributed by atoms with Crippen molar-refractivity contribution in [3.63, 3.8) is 0 Å². The number of aryl methyl sites for hydroxylation is 2. The van der Waals surface area contributed by atoms with Crippen molar-refractivity contribution in [1.29, 1.82) is 0 Å². The minimum atomic E-state index is -5.08. The van der Waals surface area contributed by atoms with Crippen molar-refractivity contribution >= 4 is 40.2 Å². The fraction of sp³-hybridized carbons (Fsp3) is 0.355. The second-order valence-corrected chi connectivity index (χ2v) is 11.9. The van der Waals surface area contributed by atoms with Crippen LogP contribution in [0.15, 0.2) is 53.5 Å². The number of nitrogens with one attached hydrogen (secondary N) is 2. The molecular weight excluding hydrogens is 661 g/mol. The van der Waals surface area contributed by atoms with Gasteiger partial charge in [-0.2, -0.15) is 18.2 Å². The second kappa shape index (κ2) is 13.6. The van der Waals surface area contributed by atoms with Gasteiger partial charge in [0.2, 0.25) is 5.95 Å². The predicted molar refractivity (Wildman–Crippen MR) is 170 cm³/mol. The number of alkyl halides is 3. The average molecular weight is 691 g/mol. The predicted octanol–water partition coefficient (Wildman–Crippen LogP) is 5.08. The number of nitro groups is 1. The Bertz CT molecular complexity index is 1910. The minimum absolute atomic E-state index is 0.0129. The highest BCUT2D eigenvalue weighted by Gasteiger charge is 2.48. The summed E-state index contributed by atoms with van der Waals surface area (Å²) in [4.78, 5) is 42.9. The molecule has 254 valence electrons. The number of carboxylic acids is 1. The molecule has 1 saturated heterocycles. The number of nitrogens with zero attached hydrogens (tertiary/aromatic N) is 4. The second-order valence-electron chi connectivity index (χ2n) is 11.5. The number of hydrogen-bond acceptors (Lipinski definition) is 10. The summed E-state index contributed by atoms with van der Waals surface area (Å²) in [6.45, 7) is 2.38. The van der Waals surface area contributed by atoms with Gasteiger partial charge in [0.15, 0.2) is 0 Å². The molecule has 2 aromatic heterocycles. The largest absolute Gasteiger partial charge is 0.497 e. The fourth-order valence-corrected chi connectivity index (χ4v) is 6.01. The third-order valence-corrected chi connectivity index (χ3v) is 8.68. The van der Waals surface area contributed by atoms with Crippen molar-refractivity contribution < 1.29 is 37.5 Å². The normalized spacial score (nSPS) is 15.1. The zero-order valence-corrected chi connectivity index (χ0v) is 26.4. The van der Waals surface area contributed by atoms with Crippen molar-refractivity contribution in [3.8, 4) is 22.6 Å². The molecule has 6 rings (SSSR count). The molecule has 1 aliphatic heterocycles. The van der Waals surface area contributed by atoms with Gasteiger partial charge in [-0.25, -0.2) is 9.78 Å². The molecule has 48 heavy (non-hydrogen) atoms. The summed E-state index contributed by atoms with van der Waals surface area (Å²) in [5.74, 6) is -1.41. The van der Waals surface area contributed by atoms with E-state index in [0.717, 1.165) is 31.5 Å². The molecule has 1 saturated carbocycles. The van der Waals surface area contributed by atoms with Gasteiger partial charge >= 0.3 is 12.1 Å². The van der Waals surface area contributed by atoms with Crippen LogP contribution < -0.4 is 25.7 Å². The first-order valence-corrected chi connectivity index (χ1v) is 14.9. The molecule has 1 spiro atoms. The van der Waals surface area contributed by atoms with Crippen LogP contribution in [0, 0.1) is 15.5 Å². The molecular formula is C31H30ClF3N6O7. The Hall–Kier alpha value is -4.96. The van der Waals surface area contributed by atoms with Gasteiger partial charge in [0.25, 0.3) is 11.2 Å². The van der Waals surface area contributed by atoms with E-state index in [1.807, 2.05) is 0 Å². The Morgan fingerprint density at radius 1 is 1.17 bits per heavy atom. The quantitative estimate of drug-likeness (QED) is 0.158. The molecule has 0 bridgehead atoms. The standard InChI is InChI=1S/C29H29ClN6O5.C2HF3O2/c1-40-21-10-22(25(30)24(11-21)41-2)23-9-18-14-32-28(33-19-12-29(13-19)15-31-16-29)34-26(18)35(27(23)37)8-7-17-3-5-20(6-4-17)36(38)39;3-2(4,5)1(6)7/h3-6,9-11,14,19,31H,7-8,12-13,15-16H2,1-2H3,(H,32,33,34);(H,6,7). The maximum Gasteiger partial charge on any atom is 0.490 e. The van der Waals surface area contributed by atoms with Crippen LogP contribution in [0.4, 0.5) is 24.8 Å². The molecule has 0 atom stereocenters. The number of carboxylic acid groups (broad SMARTS) is 1. The van der Waals surface area contributed by atoms with Crippen molar-refractivity contribution in [3.05, 3.63) is 79.7 Å². The SMILES string of the molecule is COc1cc(OC)c(Cl)c(-c2cc3cnc(NC4CC5(CNC5)C4)nc3n(CCc3ccc([N+](=O)[O-])cc3)c2=O)c1.O=C(O)C(F)(F)F. The Balaban J connectivity index is 0.000000582. The highest BCUT2D eigenvalue weighted by Crippen LogP contribution is 2.45. The van der Waals surface area contributed by atoms with Crippen LogP contribution in [0.2, 0.25) is 5.02 Å². The molecule has 2 fully saturated rings. The molecule has 13 nitrogen and oxygen atoms in total. The Labute approximate surface area is 275 Å². The molecule has 0 unspecified atom stereocenters. The number of hydrogen-bond donors (Lipinski definition) is 3. The number of halogens is 4. The maximum absolute atomic E-state index is 14.1. The summed E-state index contributed by atoms with van der Waals surface area (Å²) < 4.78 is 44.2. The van der Waals surface area contributed by atoms with Gasteiger partial charge in [-0.3, -0.25) is 19.5 Å². The van der Waals surface area contributed by atoms with Gasteiger partial charge < -0.3 is 25.2 Å². The molecule has 0 radical (unpaired) electrons. The third kappa shape index (κ3) is 7.28. The van der Waals surface area contributed by atoms with Gasteiger partial charge in [0.1, 0.15) is 17.1 Å². The number of benzene rings is 2. The Kier molecular flexibility index (Phi) is 9.77. The molecule has 4 aromatic rings. The van der Waals surface area contributed by atoms with Crippen LogP contribution in [-0.2, 0) is 17.8 Å². The highest BCUT2D eigenvalue weighted by atomic mass is 35.5. The van der Waals surface area contributed by atoms with Gasteiger partial charge in [0, 0.05) is 66.6 Å². The topological polar surface area (TPSA) is 171 Å². The monoisotopic (exact) mass is 690 g/mol. The van der Waals surface area contributed by atoms with E-state index in [4.69, 9.17) is 36.0 Å². The van der Waals surface area contributed by atoms with Gasteiger partial charge in [-0.1, -0.05) is 23.7 Å². The summed E-state index contributed by atoms with van der Waals surface area (Å²) in [6, 6.07) is 11.7. The maximum atomic E-state index is 14.1. The molecule has 3 heterocycles. The van der Waals surface area contributed by atoms with E-state index < -0.39 is 17.1 Å². The van der Waals surface area contributed by atoms with E-state index in [9.17, 15) is 28.1 Å². The number of carbonyl (C=O) groups is 1. The molecule has 2 aromatic carbocycles.